The number of hydrogen-bond acceptors (Lipinski definition) is 3. The lowest BCUT2D eigenvalue weighted by molar-refractivity contribution is 0.0702. The summed E-state index contributed by atoms with van der Waals surface area (Å²) in [6.45, 7) is 7.77. The molecule has 2 unspecified atom stereocenters. The SMILES string of the molecule is CC1(C)CC2CC(C)(CN2C(=O)c2cn[nH]n2)C1. The molecule has 2 heterocycles. The minimum Gasteiger partial charge on any atom is -0.334 e. The molecule has 3 rings (SSSR count). The Labute approximate surface area is 107 Å². The van der Waals surface area contributed by atoms with Gasteiger partial charge >= 0.3 is 0 Å². The van der Waals surface area contributed by atoms with Gasteiger partial charge in [-0.25, -0.2) is 0 Å². The van der Waals surface area contributed by atoms with Gasteiger partial charge in [-0.15, -0.1) is 0 Å². The van der Waals surface area contributed by atoms with E-state index in [0.717, 1.165) is 19.4 Å². The van der Waals surface area contributed by atoms with Crippen LogP contribution in [-0.2, 0) is 0 Å². The summed E-state index contributed by atoms with van der Waals surface area (Å²) in [4.78, 5) is 14.4. The number of aromatic nitrogens is 3. The molecule has 2 bridgehead atoms. The molecule has 0 spiro atoms. The molecule has 0 aromatic carbocycles. The van der Waals surface area contributed by atoms with Gasteiger partial charge in [-0.2, -0.15) is 15.4 Å². The van der Waals surface area contributed by atoms with Gasteiger partial charge in [0.15, 0.2) is 5.69 Å². The van der Waals surface area contributed by atoms with Crippen LogP contribution in [0.2, 0.25) is 0 Å². The number of hydrogen-bond donors (Lipinski definition) is 1. The molecule has 5 heteroatoms. The smallest absolute Gasteiger partial charge is 0.276 e. The van der Waals surface area contributed by atoms with Crippen LogP contribution in [0.3, 0.4) is 0 Å². The number of aromatic amines is 1. The van der Waals surface area contributed by atoms with Crippen molar-refractivity contribution < 1.29 is 4.79 Å². The molecule has 18 heavy (non-hydrogen) atoms. The molecule has 5 nitrogen and oxygen atoms in total. The second-order valence-corrected chi connectivity index (χ2v) is 7.00. The summed E-state index contributed by atoms with van der Waals surface area (Å²) in [5.74, 6) is 0.0233. The number of likely N-dealkylation sites (tertiary alicyclic amines) is 1. The number of fused-ring (bicyclic) bond motifs is 2. The van der Waals surface area contributed by atoms with Gasteiger partial charge in [-0.3, -0.25) is 4.79 Å². The van der Waals surface area contributed by atoms with Gasteiger partial charge in [0, 0.05) is 12.6 Å². The third-order valence-electron chi connectivity index (χ3n) is 4.31. The van der Waals surface area contributed by atoms with Crippen molar-refractivity contribution in [3.63, 3.8) is 0 Å². The summed E-state index contributed by atoms with van der Waals surface area (Å²) < 4.78 is 0. The second kappa shape index (κ2) is 3.56. The van der Waals surface area contributed by atoms with E-state index in [0.29, 0.717) is 17.2 Å². The molecule has 0 radical (unpaired) electrons. The molecule has 1 saturated carbocycles. The lowest BCUT2D eigenvalue weighted by Gasteiger charge is -2.39. The molecule has 1 saturated heterocycles. The van der Waals surface area contributed by atoms with Crippen molar-refractivity contribution in [2.24, 2.45) is 10.8 Å². The number of nitrogens with one attached hydrogen (secondary N) is 1. The van der Waals surface area contributed by atoms with E-state index in [1.54, 1.807) is 0 Å². The highest BCUT2D eigenvalue weighted by Gasteiger charge is 2.51. The van der Waals surface area contributed by atoms with Crippen LogP contribution in [0.4, 0.5) is 0 Å². The molecule has 1 amide bonds. The van der Waals surface area contributed by atoms with E-state index in [4.69, 9.17) is 0 Å². The average Bonchev–Trinajstić information content (AvgIpc) is 2.82. The van der Waals surface area contributed by atoms with Gasteiger partial charge in [-0.05, 0) is 30.1 Å². The minimum absolute atomic E-state index is 0.0233. The first kappa shape index (κ1) is 11.7. The van der Waals surface area contributed by atoms with Crippen LogP contribution in [0.1, 0.15) is 50.5 Å². The maximum atomic E-state index is 12.4. The Kier molecular flexibility index (Phi) is 2.31. The summed E-state index contributed by atoms with van der Waals surface area (Å²) >= 11 is 0. The predicted molar refractivity (Wildman–Crippen MR) is 66.9 cm³/mol. The number of H-pyrrole nitrogens is 1. The second-order valence-electron chi connectivity index (χ2n) is 7.00. The normalized spacial score (nSPS) is 33.7. The quantitative estimate of drug-likeness (QED) is 0.825. The van der Waals surface area contributed by atoms with E-state index >= 15 is 0 Å². The maximum Gasteiger partial charge on any atom is 0.276 e. The maximum absolute atomic E-state index is 12.4. The van der Waals surface area contributed by atoms with Crippen molar-refractivity contribution in [1.82, 2.24) is 20.3 Å². The Morgan fingerprint density at radius 1 is 1.44 bits per heavy atom. The van der Waals surface area contributed by atoms with Crippen molar-refractivity contribution in [1.29, 1.82) is 0 Å². The van der Waals surface area contributed by atoms with Crippen LogP contribution in [0.5, 0.6) is 0 Å². The lowest BCUT2D eigenvalue weighted by atomic mass is 9.65. The third kappa shape index (κ3) is 1.82. The fraction of sp³-hybridized carbons (Fsp3) is 0.769. The highest BCUT2D eigenvalue weighted by Crippen LogP contribution is 2.52. The number of nitrogens with zero attached hydrogens (tertiary/aromatic N) is 3. The molecule has 2 atom stereocenters. The van der Waals surface area contributed by atoms with Gasteiger partial charge in [0.1, 0.15) is 0 Å². The highest BCUT2D eigenvalue weighted by molar-refractivity contribution is 5.92. The van der Waals surface area contributed by atoms with Gasteiger partial charge < -0.3 is 4.90 Å². The zero-order valence-corrected chi connectivity index (χ0v) is 11.2. The summed E-state index contributed by atoms with van der Waals surface area (Å²) in [5.41, 5.74) is 1.03. The average molecular weight is 248 g/mol. The van der Waals surface area contributed by atoms with Crippen LogP contribution < -0.4 is 0 Å². The first-order chi connectivity index (χ1) is 8.39. The highest BCUT2D eigenvalue weighted by atomic mass is 16.2. The van der Waals surface area contributed by atoms with Gasteiger partial charge in [-0.1, -0.05) is 20.8 Å². The van der Waals surface area contributed by atoms with Crippen molar-refractivity contribution in [3.8, 4) is 0 Å². The molecule has 1 aromatic heterocycles. The van der Waals surface area contributed by atoms with Crippen LogP contribution in [0.15, 0.2) is 6.20 Å². The first-order valence-corrected chi connectivity index (χ1v) is 6.55. The van der Waals surface area contributed by atoms with Gasteiger partial charge in [0.05, 0.1) is 6.20 Å². The van der Waals surface area contributed by atoms with E-state index in [2.05, 4.69) is 36.2 Å². The number of rotatable bonds is 1. The molecule has 98 valence electrons. The minimum atomic E-state index is 0.0233. The van der Waals surface area contributed by atoms with Crippen molar-refractivity contribution in [2.45, 2.75) is 46.1 Å². The first-order valence-electron chi connectivity index (χ1n) is 6.55. The van der Waals surface area contributed by atoms with E-state index in [1.807, 2.05) is 4.90 Å². The zero-order chi connectivity index (χ0) is 13.0. The predicted octanol–water partition coefficient (Wildman–Crippen LogP) is 1.85. The lowest BCUT2D eigenvalue weighted by Crippen LogP contribution is -2.37. The van der Waals surface area contributed by atoms with E-state index in [9.17, 15) is 4.79 Å². The molecule has 2 fully saturated rings. The van der Waals surface area contributed by atoms with E-state index in [1.165, 1.54) is 12.6 Å². The summed E-state index contributed by atoms with van der Waals surface area (Å²) in [6.07, 6.45) is 4.92. The van der Waals surface area contributed by atoms with Crippen LogP contribution in [0, 0.1) is 10.8 Å². The molecular weight excluding hydrogens is 228 g/mol. The summed E-state index contributed by atoms with van der Waals surface area (Å²) in [6, 6.07) is 0.364. The Morgan fingerprint density at radius 3 is 2.89 bits per heavy atom. The molecule has 1 N–H and O–H groups in total. The summed E-state index contributed by atoms with van der Waals surface area (Å²) in [5, 5.41) is 10.1. The molecule has 2 aliphatic rings. The van der Waals surface area contributed by atoms with Crippen molar-refractivity contribution in [3.05, 3.63) is 11.9 Å². The Bertz CT molecular complexity index is 467. The standard InChI is InChI=1S/C13H20N4O/c1-12(2)4-9-5-13(3,7-12)8-17(9)11(18)10-6-14-16-15-10/h6,9H,4-5,7-8H2,1-3H3,(H,14,15,16). The number of carbonyl (C=O) groups excluding carboxylic acids is 1. The fourth-order valence-electron chi connectivity index (χ4n) is 4.15. The fourth-order valence-corrected chi connectivity index (χ4v) is 4.15. The number of amides is 1. The van der Waals surface area contributed by atoms with Crippen LogP contribution >= 0.6 is 0 Å². The molecule has 1 aromatic rings. The van der Waals surface area contributed by atoms with Gasteiger partial charge in [0.25, 0.3) is 5.91 Å². The largest absolute Gasteiger partial charge is 0.334 e. The van der Waals surface area contributed by atoms with E-state index in [-0.39, 0.29) is 11.3 Å². The van der Waals surface area contributed by atoms with Crippen molar-refractivity contribution >= 4 is 5.91 Å². The van der Waals surface area contributed by atoms with Crippen molar-refractivity contribution in [2.75, 3.05) is 6.54 Å². The Hall–Kier alpha value is -1.39. The third-order valence-corrected chi connectivity index (χ3v) is 4.31. The number of carbonyl (C=O) groups is 1. The molecular formula is C13H20N4O. The molecule has 1 aliphatic heterocycles. The molecule has 1 aliphatic carbocycles. The Morgan fingerprint density at radius 2 is 2.22 bits per heavy atom. The zero-order valence-electron chi connectivity index (χ0n) is 11.2. The van der Waals surface area contributed by atoms with Gasteiger partial charge in [0.2, 0.25) is 0 Å². The monoisotopic (exact) mass is 248 g/mol. The van der Waals surface area contributed by atoms with Crippen LogP contribution in [0.25, 0.3) is 0 Å². The van der Waals surface area contributed by atoms with Crippen LogP contribution in [-0.4, -0.2) is 38.8 Å². The Balaban J connectivity index is 1.86. The topological polar surface area (TPSA) is 61.9 Å². The summed E-state index contributed by atoms with van der Waals surface area (Å²) in [7, 11) is 0. The van der Waals surface area contributed by atoms with E-state index < -0.39 is 0 Å².